The maximum Gasteiger partial charge on any atom is 0.351 e. The molecule has 3 aliphatic heterocycles. The lowest BCUT2D eigenvalue weighted by Gasteiger charge is -2.43. The van der Waals surface area contributed by atoms with E-state index in [2.05, 4.69) is 16.6 Å². The van der Waals surface area contributed by atoms with Crippen LogP contribution in [0.3, 0.4) is 0 Å². The number of anilines is 1. The van der Waals surface area contributed by atoms with Crippen LogP contribution in [-0.2, 0) is 0 Å². The monoisotopic (exact) mass is 271 g/mol. The quantitative estimate of drug-likeness (QED) is 0.580. The first kappa shape index (κ1) is 10.3. The van der Waals surface area contributed by atoms with Crippen molar-refractivity contribution in [3.8, 4) is 0 Å². The van der Waals surface area contributed by atoms with Gasteiger partial charge in [-0.2, -0.15) is 0 Å². The molecule has 5 aliphatic rings. The van der Waals surface area contributed by atoms with Crippen molar-refractivity contribution in [2.45, 2.75) is 18.5 Å². The van der Waals surface area contributed by atoms with Crippen molar-refractivity contribution < 1.29 is 4.79 Å². The Labute approximate surface area is 115 Å². The molecule has 96 valence electrons. The van der Waals surface area contributed by atoms with Crippen molar-refractivity contribution in [1.82, 2.24) is 9.42 Å². The van der Waals surface area contributed by atoms with Crippen LogP contribution in [-0.4, -0.2) is 27.5 Å². The van der Waals surface area contributed by atoms with Crippen LogP contribution in [0.4, 0.5) is 10.5 Å². The predicted molar refractivity (Wildman–Crippen MR) is 73.9 cm³/mol. The molecule has 6 rings (SSSR count). The van der Waals surface area contributed by atoms with Crippen LogP contribution < -0.4 is 4.31 Å². The molecular weight excluding hydrogens is 258 g/mol. The number of rotatable bonds is 1. The molecule has 0 spiro atoms. The molecule has 19 heavy (non-hydrogen) atoms. The van der Waals surface area contributed by atoms with Crippen LogP contribution in [0.2, 0.25) is 0 Å². The Balaban J connectivity index is 1.54. The molecule has 0 radical (unpaired) electrons. The van der Waals surface area contributed by atoms with E-state index in [4.69, 9.17) is 0 Å². The minimum absolute atomic E-state index is 0.0981. The Hall–Kier alpha value is -1.46. The van der Waals surface area contributed by atoms with E-state index in [-0.39, 0.29) is 12.1 Å². The fourth-order valence-corrected chi connectivity index (χ4v) is 4.68. The van der Waals surface area contributed by atoms with Crippen molar-refractivity contribution in [1.29, 1.82) is 0 Å². The minimum Gasteiger partial charge on any atom is -0.245 e. The van der Waals surface area contributed by atoms with Crippen LogP contribution in [0.1, 0.15) is 6.42 Å². The summed E-state index contributed by atoms with van der Waals surface area (Å²) in [7, 11) is 0. The van der Waals surface area contributed by atoms with Gasteiger partial charge in [0.2, 0.25) is 0 Å². The molecule has 4 nitrogen and oxygen atoms in total. The van der Waals surface area contributed by atoms with Gasteiger partial charge in [-0.25, -0.2) is 14.1 Å². The van der Waals surface area contributed by atoms with Crippen LogP contribution >= 0.6 is 12.1 Å². The predicted octanol–water partition coefficient (Wildman–Crippen LogP) is 2.67. The third kappa shape index (κ3) is 1.22. The molecule has 2 saturated heterocycles. The average molecular weight is 271 g/mol. The van der Waals surface area contributed by atoms with Crippen LogP contribution in [0, 0.1) is 11.8 Å². The molecule has 3 heterocycles. The average Bonchev–Trinajstić information content (AvgIpc) is 3.20. The van der Waals surface area contributed by atoms with Crippen LogP contribution in [0.25, 0.3) is 0 Å². The number of carbonyl (C=O) groups excluding carboxylic acids is 1. The van der Waals surface area contributed by atoms with E-state index in [1.165, 1.54) is 6.42 Å². The summed E-state index contributed by atoms with van der Waals surface area (Å²) in [4.78, 5) is 12.6. The molecule has 0 N–H and O–H groups in total. The maximum atomic E-state index is 12.6. The first-order valence-electron chi connectivity index (χ1n) is 6.68. The van der Waals surface area contributed by atoms with E-state index >= 15 is 0 Å². The van der Waals surface area contributed by atoms with Crippen molar-refractivity contribution in [3.05, 3.63) is 42.5 Å². The summed E-state index contributed by atoms with van der Waals surface area (Å²) in [6, 6.07) is 10.7. The molecule has 1 saturated carbocycles. The van der Waals surface area contributed by atoms with E-state index in [9.17, 15) is 4.79 Å². The number of amides is 2. The smallest absolute Gasteiger partial charge is 0.245 e. The van der Waals surface area contributed by atoms with E-state index in [0.717, 1.165) is 11.6 Å². The summed E-state index contributed by atoms with van der Waals surface area (Å²) >= 11 is 1.54. The summed E-state index contributed by atoms with van der Waals surface area (Å²) in [5, 5.41) is 1.95. The van der Waals surface area contributed by atoms with Gasteiger partial charge in [-0.3, -0.25) is 0 Å². The molecule has 4 atom stereocenters. The third-order valence-corrected chi connectivity index (χ3v) is 5.67. The normalized spacial score (nSPS) is 38.6. The first-order chi connectivity index (χ1) is 9.34. The zero-order chi connectivity index (χ0) is 12.6. The van der Waals surface area contributed by atoms with Gasteiger partial charge in [0, 0.05) is 0 Å². The number of nitrogens with zero attached hydrogens (tertiary/aromatic N) is 3. The molecular formula is C14H13N3OS. The number of urea groups is 1. The van der Waals surface area contributed by atoms with Crippen molar-refractivity contribution in [3.63, 3.8) is 0 Å². The Kier molecular flexibility index (Phi) is 1.82. The van der Waals surface area contributed by atoms with E-state index in [1.807, 2.05) is 35.3 Å². The van der Waals surface area contributed by atoms with E-state index < -0.39 is 0 Å². The molecule has 1 aromatic rings. The van der Waals surface area contributed by atoms with Crippen molar-refractivity contribution in [2.24, 2.45) is 11.8 Å². The highest BCUT2D eigenvalue weighted by Gasteiger charge is 2.63. The Morgan fingerprint density at radius 2 is 1.79 bits per heavy atom. The van der Waals surface area contributed by atoms with Gasteiger partial charge < -0.3 is 0 Å². The Bertz CT molecular complexity index is 590. The maximum absolute atomic E-state index is 12.6. The van der Waals surface area contributed by atoms with Gasteiger partial charge in [0.25, 0.3) is 0 Å². The number of hydrazine groups is 1. The Morgan fingerprint density at radius 1 is 1.05 bits per heavy atom. The zero-order valence-electron chi connectivity index (χ0n) is 10.2. The lowest BCUT2D eigenvalue weighted by Crippen LogP contribution is -2.56. The third-order valence-electron chi connectivity index (χ3n) is 4.55. The van der Waals surface area contributed by atoms with Gasteiger partial charge in [-0.1, -0.05) is 30.4 Å². The summed E-state index contributed by atoms with van der Waals surface area (Å²) < 4.78 is 3.98. The van der Waals surface area contributed by atoms with E-state index in [0.29, 0.717) is 12.0 Å². The van der Waals surface area contributed by atoms with Gasteiger partial charge >= 0.3 is 6.03 Å². The topological polar surface area (TPSA) is 26.8 Å². The van der Waals surface area contributed by atoms with Gasteiger partial charge in [-0.05, 0) is 30.4 Å². The SMILES string of the molecule is O=C1N(c2ccccc2)SN2[C@H]3C=C[C@@H]([C@H]4C[C@@H]43)N12. The van der Waals surface area contributed by atoms with Gasteiger partial charge in [0.1, 0.15) is 0 Å². The Morgan fingerprint density at radius 3 is 2.63 bits per heavy atom. The van der Waals surface area contributed by atoms with Gasteiger partial charge in [0.05, 0.1) is 29.9 Å². The molecule has 1 aromatic carbocycles. The van der Waals surface area contributed by atoms with Crippen molar-refractivity contribution >= 4 is 23.9 Å². The lowest BCUT2D eigenvalue weighted by atomic mass is 9.96. The molecule has 5 heteroatoms. The first-order valence-corrected chi connectivity index (χ1v) is 7.41. The molecule has 0 unspecified atom stereocenters. The molecule has 3 fully saturated rings. The highest BCUT2D eigenvalue weighted by molar-refractivity contribution is 7.99. The fraction of sp³-hybridized carbons (Fsp3) is 0.357. The standard InChI is InChI=1S/C14H13N3OS/c18-14-15-12-6-7-13(11-8-10(11)12)17(15)19-16(14)9-4-2-1-3-5-9/h1-7,10-13H,8H2/t10-,11-,12-,13-/m0/s1. The number of hydrogen-bond donors (Lipinski definition) is 0. The summed E-state index contributed by atoms with van der Waals surface area (Å²) in [6.07, 6.45) is 5.78. The van der Waals surface area contributed by atoms with Gasteiger partial charge in [-0.15, -0.1) is 4.41 Å². The molecule has 2 aliphatic carbocycles. The highest BCUT2D eigenvalue weighted by atomic mass is 32.2. The number of hydrogen-bond acceptors (Lipinski definition) is 3. The van der Waals surface area contributed by atoms with E-state index in [1.54, 1.807) is 16.4 Å². The number of benzene rings is 1. The highest BCUT2D eigenvalue weighted by Crippen LogP contribution is 2.58. The lowest BCUT2D eigenvalue weighted by molar-refractivity contribution is 0.0205. The van der Waals surface area contributed by atoms with Crippen LogP contribution in [0.15, 0.2) is 42.5 Å². The summed E-state index contributed by atoms with van der Waals surface area (Å²) in [5.41, 5.74) is 0.958. The minimum atomic E-state index is 0.0981. The van der Waals surface area contributed by atoms with Crippen LogP contribution in [0.5, 0.6) is 0 Å². The largest absolute Gasteiger partial charge is 0.351 e. The van der Waals surface area contributed by atoms with Gasteiger partial charge in [0.15, 0.2) is 0 Å². The summed E-state index contributed by atoms with van der Waals surface area (Å²) in [5.74, 6) is 1.47. The number of para-hydroxylation sites is 1. The second kappa shape index (κ2) is 3.35. The molecule has 2 amide bonds. The van der Waals surface area contributed by atoms with Crippen molar-refractivity contribution in [2.75, 3.05) is 4.31 Å². The molecule has 2 bridgehead atoms. The second-order valence-corrected chi connectivity index (χ2v) is 6.47. The fourth-order valence-electron chi connectivity index (χ4n) is 3.55. The summed E-state index contributed by atoms with van der Waals surface area (Å²) in [6.45, 7) is 0. The molecule has 0 aromatic heterocycles. The zero-order valence-corrected chi connectivity index (χ0v) is 11.0. The number of carbonyl (C=O) groups is 1. The second-order valence-electron chi connectivity index (χ2n) is 5.57.